The number of β-lactam (4-membered cyclic amide) rings is 1. The number of nitrogens with two attached hydrogens (primary N) is 1. The van der Waals surface area contributed by atoms with Gasteiger partial charge in [-0.1, -0.05) is 6.92 Å². The number of ether oxygens (including phenoxy) is 1. The van der Waals surface area contributed by atoms with Crippen LogP contribution in [0, 0.1) is 22.0 Å². The van der Waals surface area contributed by atoms with Gasteiger partial charge in [-0.3, -0.25) is 19.7 Å². The van der Waals surface area contributed by atoms with E-state index in [-0.39, 0.29) is 41.7 Å². The molecule has 3 aliphatic rings. The number of hydrogen-bond acceptors (Lipinski definition) is 10. The van der Waals surface area contributed by atoms with E-state index < -0.39 is 52.1 Å². The summed E-state index contributed by atoms with van der Waals surface area (Å²) in [5.41, 5.74) is 5.81. The van der Waals surface area contributed by atoms with Gasteiger partial charge in [-0.15, -0.1) is 23.5 Å². The van der Waals surface area contributed by atoms with Gasteiger partial charge in [0.05, 0.1) is 28.2 Å². The van der Waals surface area contributed by atoms with Crippen LogP contribution in [0.25, 0.3) is 0 Å². The normalized spacial score (nSPS) is 26.8. The van der Waals surface area contributed by atoms with E-state index in [1.165, 1.54) is 59.6 Å². The molecule has 15 heteroatoms. The Kier molecular flexibility index (Phi) is 9.19. The highest BCUT2D eigenvalue weighted by atomic mass is 32.2. The maximum atomic E-state index is 13.2. The van der Waals surface area contributed by atoms with Gasteiger partial charge >= 0.3 is 12.1 Å². The Hall–Kier alpha value is -3.30. The van der Waals surface area contributed by atoms with Gasteiger partial charge < -0.3 is 30.5 Å². The zero-order chi connectivity index (χ0) is 30.2. The Bertz CT molecular complexity index is 1270. The maximum absolute atomic E-state index is 13.2. The first-order valence-electron chi connectivity index (χ1n) is 13.0. The molecule has 2 fully saturated rings. The SMILES string of the molecule is CC(SC[C@@H]1C[C@H](SC2=C(C(=O)O)N3C(=O)[C@H]([C@@H](C)O)[C@H]3[C@H]2C)CN1C(=O)OCc1ccc([N+](=O)[O-])cc1)C(N)=O. The predicted octanol–water partition coefficient (Wildman–Crippen LogP) is 2.17. The lowest BCUT2D eigenvalue weighted by Crippen LogP contribution is -2.63. The van der Waals surface area contributed by atoms with Crippen molar-refractivity contribution in [1.82, 2.24) is 9.80 Å². The number of primary amides is 1. The van der Waals surface area contributed by atoms with Crippen LogP contribution in [-0.4, -0.2) is 89.8 Å². The number of carbonyl (C=O) groups excluding carboxylic acids is 3. The predicted molar refractivity (Wildman–Crippen MR) is 151 cm³/mol. The highest BCUT2D eigenvalue weighted by Crippen LogP contribution is 2.52. The lowest BCUT2D eigenvalue weighted by molar-refractivity contribution is -0.384. The summed E-state index contributed by atoms with van der Waals surface area (Å²) in [6.07, 6.45) is -1.03. The van der Waals surface area contributed by atoms with Crippen molar-refractivity contribution in [1.29, 1.82) is 0 Å². The topological polar surface area (TPSA) is 194 Å². The van der Waals surface area contributed by atoms with E-state index >= 15 is 0 Å². The fourth-order valence-corrected chi connectivity index (χ4v) is 8.03. The molecule has 0 saturated carbocycles. The molecule has 0 spiro atoms. The number of aliphatic hydroxyl groups is 1. The van der Waals surface area contributed by atoms with Crippen molar-refractivity contribution >= 4 is 53.1 Å². The van der Waals surface area contributed by atoms with Crippen LogP contribution in [0.3, 0.4) is 0 Å². The number of nitrogens with zero attached hydrogens (tertiary/aromatic N) is 3. The molecule has 1 aromatic rings. The van der Waals surface area contributed by atoms with E-state index in [0.29, 0.717) is 22.6 Å². The zero-order valence-corrected chi connectivity index (χ0v) is 24.3. The molecule has 3 heterocycles. The Labute approximate surface area is 244 Å². The average molecular weight is 609 g/mol. The van der Waals surface area contributed by atoms with Gasteiger partial charge in [0.1, 0.15) is 12.3 Å². The monoisotopic (exact) mass is 608 g/mol. The Morgan fingerprint density at radius 1 is 1.24 bits per heavy atom. The standard InChI is InChI=1S/C26H32N4O9S2/c1-12-20-19(13(2)31)24(33)29(20)21(25(34)35)22(12)41-18-8-17(11-40-14(3)23(27)32)28(9-18)26(36)39-10-15-4-6-16(7-5-15)30(37)38/h4-7,12-14,17-20,31H,8-11H2,1-3H3,(H2,27,32)(H,34,35)/t12-,13-,14?,17+,18+,19-,20-/m1/s1. The van der Waals surface area contributed by atoms with Crippen LogP contribution in [0.4, 0.5) is 10.5 Å². The summed E-state index contributed by atoms with van der Waals surface area (Å²) >= 11 is 2.62. The van der Waals surface area contributed by atoms with Crippen molar-refractivity contribution in [2.75, 3.05) is 12.3 Å². The number of carboxylic acid groups (broad SMARTS) is 1. The lowest BCUT2D eigenvalue weighted by Gasteiger charge is -2.46. The molecule has 3 aliphatic heterocycles. The number of nitro benzene ring substituents is 1. The van der Waals surface area contributed by atoms with Crippen LogP contribution in [-0.2, 0) is 25.7 Å². The third-order valence-corrected chi connectivity index (χ3v) is 10.5. The number of likely N-dealkylation sites (tertiary alicyclic amines) is 1. The van der Waals surface area contributed by atoms with E-state index in [1.807, 2.05) is 6.92 Å². The third-order valence-electron chi connectivity index (χ3n) is 7.66. The second-order valence-corrected chi connectivity index (χ2v) is 13.1. The number of thioether (sulfide) groups is 2. The molecule has 3 amide bonds. The summed E-state index contributed by atoms with van der Waals surface area (Å²) in [5, 5.41) is 30.2. The first-order valence-corrected chi connectivity index (χ1v) is 15.0. The molecule has 4 N–H and O–H groups in total. The summed E-state index contributed by atoms with van der Waals surface area (Å²) in [6.45, 7) is 5.17. The number of rotatable bonds is 11. The number of fused-ring (bicyclic) bond motifs is 1. The lowest BCUT2D eigenvalue weighted by atomic mass is 9.79. The van der Waals surface area contributed by atoms with Crippen LogP contribution in [0.5, 0.6) is 0 Å². The molecule has 2 saturated heterocycles. The Balaban J connectivity index is 1.49. The van der Waals surface area contributed by atoms with E-state index in [0.717, 1.165) is 0 Å². The third kappa shape index (κ3) is 6.16. The number of benzene rings is 1. The van der Waals surface area contributed by atoms with Crippen LogP contribution in [0.15, 0.2) is 34.9 Å². The fourth-order valence-electron chi connectivity index (χ4n) is 5.48. The number of hydrogen-bond donors (Lipinski definition) is 3. The highest BCUT2D eigenvalue weighted by Gasteiger charge is 2.60. The highest BCUT2D eigenvalue weighted by molar-refractivity contribution is 8.03. The van der Waals surface area contributed by atoms with Crippen molar-refractivity contribution in [3.63, 3.8) is 0 Å². The minimum Gasteiger partial charge on any atom is -0.477 e. The van der Waals surface area contributed by atoms with E-state index in [2.05, 4.69) is 0 Å². The van der Waals surface area contributed by atoms with Crippen molar-refractivity contribution in [3.05, 3.63) is 50.5 Å². The van der Waals surface area contributed by atoms with Crippen LogP contribution >= 0.6 is 23.5 Å². The smallest absolute Gasteiger partial charge is 0.410 e. The summed E-state index contributed by atoms with van der Waals surface area (Å²) in [7, 11) is 0. The fraction of sp³-hybridized carbons (Fsp3) is 0.538. The second kappa shape index (κ2) is 12.3. The van der Waals surface area contributed by atoms with Gasteiger partial charge in [-0.2, -0.15) is 0 Å². The molecule has 41 heavy (non-hydrogen) atoms. The van der Waals surface area contributed by atoms with Crippen molar-refractivity contribution < 1.29 is 39.1 Å². The second-order valence-electron chi connectivity index (χ2n) is 10.4. The number of amides is 3. The van der Waals surface area contributed by atoms with Gasteiger partial charge in [-0.25, -0.2) is 9.59 Å². The summed E-state index contributed by atoms with van der Waals surface area (Å²) < 4.78 is 5.51. The van der Waals surface area contributed by atoms with Crippen molar-refractivity contribution in [3.8, 4) is 0 Å². The molecule has 13 nitrogen and oxygen atoms in total. The average Bonchev–Trinajstić information content (AvgIpc) is 3.42. The summed E-state index contributed by atoms with van der Waals surface area (Å²) in [6, 6.07) is 4.87. The first-order chi connectivity index (χ1) is 19.3. The van der Waals surface area contributed by atoms with Crippen LogP contribution in [0.1, 0.15) is 32.8 Å². The maximum Gasteiger partial charge on any atom is 0.410 e. The minimum atomic E-state index is -1.22. The zero-order valence-electron chi connectivity index (χ0n) is 22.7. The van der Waals surface area contributed by atoms with Gasteiger partial charge in [0.2, 0.25) is 11.8 Å². The quantitative estimate of drug-likeness (QED) is 0.189. The number of carboxylic acids is 1. The number of aliphatic hydroxyl groups excluding tert-OH is 1. The van der Waals surface area contributed by atoms with E-state index in [9.17, 15) is 39.5 Å². The van der Waals surface area contributed by atoms with Gasteiger partial charge in [0.15, 0.2) is 0 Å². The molecule has 0 aromatic heterocycles. The molecular formula is C26H32N4O9S2. The van der Waals surface area contributed by atoms with Gasteiger partial charge in [-0.05, 0) is 38.0 Å². The van der Waals surface area contributed by atoms with Crippen LogP contribution < -0.4 is 5.73 Å². The number of non-ortho nitro benzene ring substituents is 1. The minimum absolute atomic E-state index is 0.0810. The molecule has 4 rings (SSSR count). The summed E-state index contributed by atoms with van der Waals surface area (Å²) in [5.74, 6) is -2.71. The molecular weight excluding hydrogens is 576 g/mol. The largest absolute Gasteiger partial charge is 0.477 e. The van der Waals surface area contributed by atoms with E-state index in [4.69, 9.17) is 10.5 Å². The summed E-state index contributed by atoms with van der Waals surface area (Å²) in [4.78, 5) is 63.3. The first kappa shape index (κ1) is 30.7. The molecule has 0 aliphatic carbocycles. The van der Waals surface area contributed by atoms with E-state index in [1.54, 1.807) is 11.8 Å². The molecule has 222 valence electrons. The van der Waals surface area contributed by atoms with Crippen molar-refractivity contribution in [2.45, 2.75) is 62.5 Å². The molecule has 0 bridgehead atoms. The molecule has 1 unspecified atom stereocenters. The molecule has 0 radical (unpaired) electrons. The van der Waals surface area contributed by atoms with Crippen LogP contribution in [0.2, 0.25) is 0 Å². The molecule has 1 aromatic carbocycles. The molecule has 7 atom stereocenters. The van der Waals surface area contributed by atoms with Gasteiger partial charge in [0, 0.05) is 46.5 Å². The Morgan fingerprint density at radius 3 is 2.46 bits per heavy atom. The Morgan fingerprint density at radius 2 is 1.90 bits per heavy atom. The van der Waals surface area contributed by atoms with Gasteiger partial charge in [0.25, 0.3) is 5.69 Å². The number of carbonyl (C=O) groups is 4. The van der Waals surface area contributed by atoms with Crippen molar-refractivity contribution in [2.24, 2.45) is 17.6 Å². The number of nitro groups is 1. The number of aliphatic carboxylic acids is 1.